The van der Waals surface area contributed by atoms with E-state index in [1.807, 2.05) is 49.4 Å². The number of nitrogens with one attached hydrogen (secondary N) is 1. The predicted octanol–water partition coefficient (Wildman–Crippen LogP) is 7.11. The van der Waals surface area contributed by atoms with Crippen LogP contribution in [0, 0.1) is 6.92 Å². The van der Waals surface area contributed by atoms with E-state index in [1.165, 1.54) is 0 Å². The third-order valence-corrected chi connectivity index (χ3v) is 8.16. The summed E-state index contributed by atoms with van der Waals surface area (Å²) in [4.78, 5) is 23.6. The summed E-state index contributed by atoms with van der Waals surface area (Å²) in [5.41, 5.74) is 5.44. The maximum atomic E-state index is 14.2. The first-order chi connectivity index (χ1) is 21.9. The molecule has 9 nitrogen and oxygen atoms in total. The molecule has 45 heavy (non-hydrogen) atoms. The van der Waals surface area contributed by atoms with Gasteiger partial charge >= 0.3 is 0 Å². The second kappa shape index (κ2) is 15.1. The van der Waals surface area contributed by atoms with E-state index < -0.39 is 6.10 Å². The molecule has 3 heterocycles. The molecule has 0 saturated carbocycles. The molecule has 0 aliphatic heterocycles. The summed E-state index contributed by atoms with van der Waals surface area (Å²) in [5, 5.41) is 15.4. The lowest BCUT2D eigenvalue weighted by molar-refractivity contribution is 0.232. The van der Waals surface area contributed by atoms with Gasteiger partial charge in [0.2, 0.25) is 5.82 Å². The van der Waals surface area contributed by atoms with Crippen molar-refractivity contribution in [3.63, 3.8) is 0 Å². The zero-order valence-electron chi connectivity index (χ0n) is 26.4. The lowest BCUT2D eigenvalue weighted by atomic mass is 9.94. The first-order valence-corrected chi connectivity index (χ1v) is 16.1. The SMILES string of the molecule is CCCCc1nc(C)n(-c2ccccn2)c(=O)c1Cc1cc(CCC)c(OC(c2nn[nH]n2)c2ccccc2Cl)c(CCC)c1. The van der Waals surface area contributed by atoms with E-state index in [2.05, 4.69) is 58.5 Å². The van der Waals surface area contributed by atoms with Gasteiger partial charge in [-0.25, -0.2) is 14.5 Å². The summed E-state index contributed by atoms with van der Waals surface area (Å²) in [5.74, 6) is 2.42. The molecule has 1 unspecified atom stereocenters. The largest absolute Gasteiger partial charge is 0.477 e. The maximum Gasteiger partial charge on any atom is 0.263 e. The number of unbranched alkanes of at least 4 members (excludes halogenated alkanes) is 1. The van der Waals surface area contributed by atoms with E-state index in [1.54, 1.807) is 10.8 Å². The van der Waals surface area contributed by atoms with Gasteiger partial charge in [0.15, 0.2) is 6.10 Å². The molecule has 10 heteroatoms. The lowest BCUT2D eigenvalue weighted by Gasteiger charge is -2.23. The van der Waals surface area contributed by atoms with Crippen molar-refractivity contribution in [1.29, 1.82) is 0 Å². The third kappa shape index (κ3) is 7.31. The Morgan fingerprint density at radius 3 is 2.31 bits per heavy atom. The van der Waals surface area contributed by atoms with Crippen LogP contribution in [0.3, 0.4) is 0 Å². The Morgan fingerprint density at radius 1 is 0.956 bits per heavy atom. The fourth-order valence-electron chi connectivity index (χ4n) is 5.74. The average molecular weight is 626 g/mol. The molecule has 0 fully saturated rings. The molecule has 1 N–H and O–H groups in total. The van der Waals surface area contributed by atoms with E-state index in [0.717, 1.165) is 78.6 Å². The molecule has 5 rings (SSSR count). The van der Waals surface area contributed by atoms with Crippen molar-refractivity contribution in [2.24, 2.45) is 0 Å². The minimum absolute atomic E-state index is 0.0717. The third-order valence-electron chi connectivity index (χ3n) is 7.82. The number of pyridine rings is 1. The van der Waals surface area contributed by atoms with E-state index >= 15 is 0 Å². The number of tetrazole rings is 1. The van der Waals surface area contributed by atoms with Gasteiger partial charge in [0.25, 0.3) is 5.56 Å². The molecule has 0 radical (unpaired) electrons. The normalized spacial score (nSPS) is 11.9. The van der Waals surface area contributed by atoms with Crippen molar-refractivity contribution in [2.75, 3.05) is 0 Å². The second-order valence-electron chi connectivity index (χ2n) is 11.2. The van der Waals surface area contributed by atoms with Gasteiger partial charge in [-0.1, -0.05) is 93.2 Å². The van der Waals surface area contributed by atoms with E-state index in [4.69, 9.17) is 21.3 Å². The van der Waals surface area contributed by atoms with Crippen molar-refractivity contribution < 1.29 is 4.74 Å². The number of hydrogen-bond donors (Lipinski definition) is 1. The van der Waals surface area contributed by atoms with Crippen molar-refractivity contribution in [3.05, 3.63) is 121 Å². The second-order valence-corrected chi connectivity index (χ2v) is 11.6. The molecule has 0 saturated heterocycles. The number of ether oxygens (including phenoxy) is 1. The summed E-state index contributed by atoms with van der Waals surface area (Å²) in [7, 11) is 0. The number of aryl methyl sites for hydroxylation is 4. The van der Waals surface area contributed by atoms with Crippen LogP contribution in [-0.2, 0) is 25.7 Å². The summed E-state index contributed by atoms with van der Waals surface area (Å²) < 4.78 is 8.46. The van der Waals surface area contributed by atoms with Crippen LogP contribution in [0.5, 0.6) is 5.75 Å². The molecular formula is C35H40ClN7O2. The zero-order chi connectivity index (χ0) is 31.8. The number of halogens is 1. The van der Waals surface area contributed by atoms with Gasteiger partial charge in [-0.3, -0.25) is 4.79 Å². The fraction of sp³-hybridized carbons (Fsp3) is 0.371. The van der Waals surface area contributed by atoms with Crippen LogP contribution in [0.15, 0.2) is 65.6 Å². The number of hydrogen-bond acceptors (Lipinski definition) is 7. The Balaban J connectivity index is 1.62. The zero-order valence-corrected chi connectivity index (χ0v) is 27.1. The number of aromatic nitrogens is 7. The topological polar surface area (TPSA) is 111 Å². The Kier molecular flexibility index (Phi) is 10.7. The Bertz CT molecular complexity index is 1740. The highest BCUT2D eigenvalue weighted by Gasteiger charge is 2.26. The maximum absolute atomic E-state index is 14.2. The van der Waals surface area contributed by atoms with Gasteiger partial charge in [0, 0.05) is 28.8 Å². The quantitative estimate of drug-likeness (QED) is 0.140. The lowest BCUT2D eigenvalue weighted by Crippen LogP contribution is -2.29. The van der Waals surface area contributed by atoms with Crippen LogP contribution >= 0.6 is 11.6 Å². The van der Waals surface area contributed by atoms with Crippen LogP contribution in [0.4, 0.5) is 0 Å². The summed E-state index contributed by atoms with van der Waals surface area (Å²) in [6.45, 7) is 8.33. The highest BCUT2D eigenvalue weighted by molar-refractivity contribution is 6.31. The number of nitrogens with zero attached hydrogens (tertiary/aromatic N) is 6. The summed E-state index contributed by atoms with van der Waals surface area (Å²) in [6.07, 6.45) is 7.68. The first kappa shape index (κ1) is 32.0. The fourth-order valence-corrected chi connectivity index (χ4v) is 5.97. The minimum Gasteiger partial charge on any atom is -0.477 e. The average Bonchev–Trinajstić information content (AvgIpc) is 3.58. The van der Waals surface area contributed by atoms with Crippen molar-refractivity contribution in [2.45, 2.75) is 85.2 Å². The molecule has 3 aromatic heterocycles. The number of rotatable bonds is 14. The van der Waals surface area contributed by atoms with Gasteiger partial charge in [0.05, 0.1) is 5.69 Å². The Hall–Kier alpha value is -4.37. The smallest absolute Gasteiger partial charge is 0.263 e. The van der Waals surface area contributed by atoms with E-state index in [0.29, 0.717) is 34.5 Å². The first-order valence-electron chi connectivity index (χ1n) is 15.8. The van der Waals surface area contributed by atoms with Gasteiger partial charge in [0.1, 0.15) is 17.4 Å². The number of aromatic amines is 1. The van der Waals surface area contributed by atoms with Crippen molar-refractivity contribution >= 4 is 11.6 Å². The van der Waals surface area contributed by atoms with Crippen LogP contribution in [-0.4, -0.2) is 35.2 Å². The monoisotopic (exact) mass is 625 g/mol. The number of benzene rings is 2. The summed E-state index contributed by atoms with van der Waals surface area (Å²) in [6, 6.07) is 17.5. The van der Waals surface area contributed by atoms with Crippen LogP contribution in [0.2, 0.25) is 5.02 Å². The standard InChI is InChI=1S/C35H40ClN7O2/c1-5-8-17-30-28(35(44)43(23(4)38-30)31-18-11-12-19-37-31)22-24-20-25(13-6-2)32(26(21-24)14-7-3)45-33(34-39-41-42-40-34)27-15-9-10-16-29(27)36/h9-12,15-16,18-21,33H,5-8,13-14,17,22H2,1-4H3,(H,39,40,41,42). The molecule has 0 amide bonds. The summed E-state index contributed by atoms with van der Waals surface area (Å²) >= 11 is 6.65. The van der Waals surface area contributed by atoms with Crippen molar-refractivity contribution in [3.8, 4) is 11.6 Å². The molecule has 234 valence electrons. The van der Waals surface area contributed by atoms with Crippen LogP contribution in [0.1, 0.15) is 97.7 Å². The van der Waals surface area contributed by atoms with Gasteiger partial charge in [-0.2, -0.15) is 5.21 Å². The molecule has 0 aliphatic carbocycles. The molecule has 5 aromatic rings. The predicted molar refractivity (Wildman–Crippen MR) is 176 cm³/mol. The van der Waals surface area contributed by atoms with Crippen LogP contribution < -0.4 is 10.3 Å². The van der Waals surface area contributed by atoms with Crippen LogP contribution in [0.25, 0.3) is 5.82 Å². The molecule has 0 spiro atoms. The molecule has 0 aliphatic rings. The van der Waals surface area contributed by atoms with Gasteiger partial charge < -0.3 is 4.74 Å². The van der Waals surface area contributed by atoms with Gasteiger partial charge in [-0.05, 0) is 67.5 Å². The highest BCUT2D eigenvalue weighted by atomic mass is 35.5. The molecular weight excluding hydrogens is 586 g/mol. The minimum atomic E-state index is -0.651. The van der Waals surface area contributed by atoms with E-state index in [-0.39, 0.29) is 5.56 Å². The molecule has 2 aromatic carbocycles. The Labute approximate surface area is 269 Å². The highest BCUT2D eigenvalue weighted by Crippen LogP contribution is 2.37. The molecule has 1 atom stereocenters. The molecule has 0 bridgehead atoms. The van der Waals surface area contributed by atoms with Gasteiger partial charge in [-0.15, -0.1) is 10.2 Å². The number of H-pyrrole nitrogens is 1. The van der Waals surface area contributed by atoms with Crippen molar-refractivity contribution in [1.82, 2.24) is 35.2 Å². The van der Waals surface area contributed by atoms with E-state index in [9.17, 15) is 4.79 Å². The Morgan fingerprint density at radius 2 is 1.69 bits per heavy atom.